The first kappa shape index (κ1) is 17.2. The van der Waals surface area contributed by atoms with E-state index in [1.807, 2.05) is 6.07 Å². The van der Waals surface area contributed by atoms with Crippen molar-refractivity contribution in [2.75, 3.05) is 44.7 Å². The van der Waals surface area contributed by atoms with Crippen LogP contribution < -0.4 is 10.1 Å². The summed E-state index contributed by atoms with van der Waals surface area (Å²) in [6.45, 7) is 4.65. The van der Waals surface area contributed by atoms with Crippen molar-refractivity contribution < 1.29 is 18.3 Å². The molecular formula is C17H19FN4O3. The molecule has 1 aliphatic heterocycles. The van der Waals surface area contributed by atoms with Crippen molar-refractivity contribution in [3.05, 3.63) is 41.7 Å². The van der Waals surface area contributed by atoms with Crippen LogP contribution in [0.3, 0.4) is 0 Å². The Balaban J connectivity index is 1.54. The van der Waals surface area contributed by atoms with Gasteiger partial charge in [0.05, 0.1) is 13.2 Å². The van der Waals surface area contributed by atoms with Gasteiger partial charge in [0.2, 0.25) is 17.5 Å². The summed E-state index contributed by atoms with van der Waals surface area (Å²) in [5.74, 6) is 0.177. The first-order valence-corrected chi connectivity index (χ1v) is 8.07. The smallest absolute Gasteiger partial charge is 0.236 e. The highest BCUT2D eigenvalue weighted by atomic mass is 19.1. The predicted molar refractivity (Wildman–Crippen MR) is 87.7 cm³/mol. The topological polar surface area (TPSA) is 83.5 Å². The van der Waals surface area contributed by atoms with Gasteiger partial charge >= 0.3 is 0 Å². The Hall–Kier alpha value is -2.63. The fourth-order valence-corrected chi connectivity index (χ4v) is 2.48. The minimum absolute atomic E-state index is 0.0548. The lowest BCUT2D eigenvalue weighted by molar-refractivity contribution is 0.0398. The molecule has 8 heteroatoms. The van der Waals surface area contributed by atoms with Gasteiger partial charge in [-0.1, -0.05) is 12.1 Å². The number of nitrogens with one attached hydrogen (secondary N) is 1. The van der Waals surface area contributed by atoms with E-state index in [4.69, 9.17) is 19.2 Å². The molecule has 132 valence electrons. The average molecular weight is 346 g/mol. The van der Waals surface area contributed by atoms with E-state index >= 15 is 0 Å². The van der Waals surface area contributed by atoms with Crippen LogP contribution >= 0.6 is 0 Å². The first-order chi connectivity index (χ1) is 12.3. The number of ether oxygens (including phenoxy) is 2. The van der Waals surface area contributed by atoms with Crippen molar-refractivity contribution in [3.8, 4) is 11.8 Å². The molecular weight excluding hydrogens is 327 g/mol. The Bertz CT molecular complexity index is 738. The summed E-state index contributed by atoms with van der Waals surface area (Å²) in [4.78, 5) is 6.33. The van der Waals surface area contributed by atoms with Crippen LogP contribution in [0.15, 0.2) is 28.7 Å². The second-order valence-corrected chi connectivity index (χ2v) is 5.50. The third kappa shape index (κ3) is 4.68. The number of anilines is 1. The highest BCUT2D eigenvalue weighted by molar-refractivity contribution is 5.45. The Morgan fingerprint density at radius 3 is 2.88 bits per heavy atom. The van der Waals surface area contributed by atoms with Crippen LogP contribution in [-0.2, 0) is 11.3 Å². The van der Waals surface area contributed by atoms with Gasteiger partial charge in [-0.3, -0.25) is 4.90 Å². The lowest BCUT2D eigenvalue weighted by atomic mass is 10.3. The average Bonchev–Trinajstić information content (AvgIpc) is 3.04. The first-order valence-electron chi connectivity index (χ1n) is 8.07. The quantitative estimate of drug-likeness (QED) is 0.821. The largest absolute Gasteiger partial charge is 0.481 e. The Kier molecular flexibility index (Phi) is 5.82. The number of benzene rings is 1. The summed E-state index contributed by atoms with van der Waals surface area (Å²) in [5.41, 5.74) is 0.161. The van der Waals surface area contributed by atoms with Gasteiger partial charge < -0.3 is 19.2 Å². The van der Waals surface area contributed by atoms with Gasteiger partial charge in [-0.25, -0.2) is 4.39 Å². The molecule has 0 bridgehead atoms. The van der Waals surface area contributed by atoms with Gasteiger partial charge in [-0.15, -0.1) is 0 Å². The second kappa shape index (κ2) is 8.46. The van der Waals surface area contributed by atoms with E-state index in [0.29, 0.717) is 12.4 Å². The number of hydrogen-bond acceptors (Lipinski definition) is 7. The van der Waals surface area contributed by atoms with Crippen LogP contribution in [0.2, 0.25) is 0 Å². The van der Waals surface area contributed by atoms with Crippen molar-refractivity contribution in [2.45, 2.75) is 6.61 Å². The SMILES string of the molecule is N#Cc1nc(COc2ccccc2F)oc1NCCN1CCOCC1. The molecule has 0 unspecified atom stereocenters. The number of aromatic nitrogens is 1. The zero-order valence-electron chi connectivity index (χ0n) is 13.7. The number of rotatable bonds is 7. The van der Waals surface area contributed by atoms with Gasteiger partial charge in [0, 0.05) is 26.2 Å². The number of hydrogen-bond donors (Lipinski definition) is 1. The third-order valence-electron chi connectivity index (χ3n) is 3.78. The molecule has 1 fully saturated rings. The number of halogens is 1. The lowest BCUT2D eigenvalue weighted by Crippen LogP contribution is -2.39. The summed E-state index contributed by atoms with van der Waals surface area (Å²) < 4.78 is 29.7. The van der Waals surface area contributed by atoms with Crippen molar-refractivity contribution in [2.24, 2.45) is 0 Å². The fourth-order valence-electron chi connectivity index (χ4n) is 2.48. The molecule has 25 heavy (non-hydrogen) atoms. The number of para-hydroxylation sites is 1. The van der Waals surface area contributed by atoms with Gasteiger partial charge in [-0.05, 0) is 12.1 Å². The minimum atomic E-state index is -0.460. The molecule has 0 atom stereocenters. The van der Waals surface area contributed by atoms with Crippen molar-refractivity contribution in [3.63, 3.8) is 0 Å². The van der Waals surface area contributed by atoms with Gasteiger partial charge in [-0.2, -0.15) is 10.2 Å². The number of oxazole rings is 1. The summed E-state index contributed by atoms with van der Waals surface area (Å²) in [5, 5.41) is 12.2. The molecule has 1 saturated heterocycles. The van der Waals surface area contributed by atoms with Crippen molar-refractivity contribution >= 4 is 5.88 Å². The molecule has 0 radical (unpaired) electrons. The van der Waals surface area contributed by atoms with Gasteiger partial charge in [0.15, 0.2) is 18.2 Å². The monoisotopic (exact) mass is 346 g/mol. The van der Waals surface area contributed by atoms with Crippen LogP contribution in [0.25, 0.3) is 0 Å². The Morgan fingerprint density at radius 2 is 2.12 bits per heavy atom. The molecule has 1 N–H and O–H groups in total. The number of nitrogens with zero attached hydrogens (tertiary/aromatic N) is 3. The summed E-state index contributed by atoms with van der Waals surface area (Å²) >= 11 is 0. The van der Waals surface area contributed by atoms with Gasteiger partial charge in [0.25, 0.3) is 0 Å². The molecule has 0 aliphatic carbocycles. The molecule has 0 saturated carbocycles. The Labute approximate surface area is 145 Å². The summed E-state index contributed by atoms with van der Waals surface area (Å²) in [6.07, 6.45) is 0. The standard InChI is InChI=1S/C17H19FN4O3/c18-13-3-1-2-4-15(13)24-12-16-21-14(11-19)17(25-16)20-5-6-22-7-9-23-10-8-22/h1-4,20H,5-10,12H2. The molecule has 3 rings (SSSR count). The molecule has 7 nitrogen and oxygen atoms in total. The number of nitriles is 1. The van der Waals surface area contributed by atoms with Gasteiger partial charge in [0.1, 0.15) is 6.07 Å². The maximum atomic E-state index is 13.5. The van der Waals surface area contributed by atoms with E-state index in [-0.39, 0.29) is 23.9 Å². The maximum Gasteiger partial charge on any atom is 0.236 e. The second-order valence-electron chi connectivity index (χ2n) is 5.50. The maximum absolute atomic E-state index is 13.5. The third-order valence-corrected chi connectivity index (χ3v) is 3.78. The molecule has 0 amide bonds. The van der Waals surface area contributed by atoms with Crippen molar-refractivity contribution in [1.82, 2.24) is 9.88 Å². The lowest BCUT2D eigenvalue weighted by Gasteiger charge is -2.26. The van der Waals surface area contributed by atoms with Crippen LogP contribution in [0, 0.1) is 17.1 Å². The van der Waals surface area contributed by atoms with Crippen LogP contribution in [0.5, 0.6) is 5.75 Å². The van der Waals surface area contributed by atoms with Crippen LogP contribution in [-0.4, -0.2) is 49.3 Å². The van der Waals surface area contributed by atoms with E-state index in [1.54, 1.807) is 12.1 Å². The minimum Gasteiger partial charge on any atom is -0.481 e. The molecule has 0 spiro atoms. The molecule has 2 heterocycles. The summed E-state index contributed by atoms with van der Waals surface area (Å²) in [6, 6.07) is 8.07. The fraction of sp³-hybridized carbons (Fsp3) is 0.412. The van der Waals surface area contributed by atoms with Crippen LogP contribution in [0.1, 0.15) is 11.6 Å². The van der Waals surface area contributed by atoms with Crippen molar-refractivity contribution in [1.29, 1.82) is 5.26 Å². The van der Waals surface area contributed by atoms with E-state index in [9.17, 15) is 4.39 Å². The van der Waals surface area contributed by atoms with E-state index in [0.717, 1.165) is 32.8 Å². The molecule has 1 aromatic carbocycles. The zero-order valence-corrected chi connectivity index (χ0v) is 13.7. The van der Waals surface area contributed by atoms with E-state index < -0.39 is 5.82 Å². The van der Waals surface area contributed by atoms with E-state index in [2.05, 4.69) is 15.2 Å². The van der Waals surface area contributed by atoms with Crippen LogP contribution in [0.4, 0.5) is 10.3 Å². The Morgan fingerprint density at radius 1 is 1.32 bits per heavy atom. The molecule has 1 aromatic heterocycles. The highest BCUT2D eigenvalue weighted by Crippen LogP contribution is 2.20. The predicted octanol–water partition coefficient (Wildman–Crippen LogP) is 2.01. The molecule has 1 aliphatic rings. The normalized spacial score (nSPS) is 14.9. The summed E-state index contributed by atoms with van der Waals surface area (Å²) in [7, 11) is 0. The number of morpholine rings is 1. The highest BCUT2D eigenvalue weighted by Gasteiger charge is 2.15. The zero-order chi connectivity index (χ0) is 17.5. The molecule has 2 aromatic rings. The van der Waals surface area contributed by atoms with E-state index in [1.165, 1.54) is 12.1 Å².